The van der Waals surface area contributed by atoms with Gasteiger partial charge in [-0.15, -0.1) is 0 Å². The summed E-state index contributed by atoms with van der Waals surface area (Å²) in [5.41, 5.74) is 8.22. The van der Waals surface area contributed by atoms with Crippen molar-refractivity contribution in [3.63, 3.8) is 0 Å². The number of carbonyl (C=O) groups is 1. The molecule has 0 aliphatic carbocycles. The van der Waals surface area contributed by atoms with Gasteiger partial charge < -0.3 is 29.4 Å². The molecule has 184 valence electrons. The zero-order chi connectivity index (χ0) is 25.7. The number of hydrogen-bond donors (Lipinski definition) is 1. The van der Waals surface area contributed by atoms with Gasteiger partial charge in [-0.2, -0.15) is 5.26 Å². The lowest BCUT2D eigenvalue weighted by Gasteiger charge is -2.27. The molecule has 8 nitrogen and oxygen atoms in total. The monoisotopic (exact) mass is 486 g/mol. The summed E-state index contributed by atoms with van der Waals surface area (Å²) in [4.78, 5) is 12.7. The number of fused-ring (bicyclic) bond motifs is 1. The fraction of sp³-hybridized carbons (Fsp3) is 0.214. The molecule has 0 saturated carbocycles. The number of nitrogens with zero attached hydrogens (tertiary/aromatic N) is 1. The van der Waals surface area contributed by atoms with Crippen molar-refractivity contribution in [3.8, 4) is 34.8 Å². The maximum atomic E-state index is 12.7. The third-order valence-electron chi connectivity index (χ3n) is 5.69. The molecular formula is C28H26N2O6. The second kappa shape index (κ2) is 10.7. The molecule has 0 spiro atoms. The molecule has 4 rings (SSSR count). The van der Waals surface area contributed by atoms with Crippen LogP contribution in [0.15, 0.2) is 72.1 Å². The first-order valence-corrected chi connectivity index (χ1v) is 11.4. The second-order valence-electron chi connectivity index (χ2n) is 8.00. The number of nitriles is 1. The number of allylic oxidation sites excluding steroid dienone is 1. The minimum atomic E-state index is -0.546. The van der Waals surface area contributed by atoms with E-state index in [1.807, 2.05) is 25.1 Å². The summed E-state index contributed by atoms with van der Waals surface area (Å²) in [6, 6.07) is 19.3. The fourth-order valence-corrected chi connectivity index (χ4v) is 3.95. The Morgan fingerprint density at radius 1 is 1.03 bits per heavy atom. The Hall–Kier alpha value is -4.64. The Morgan fingerprint density at radius 3 is 2.58 bits per heavy atom. The van der Waals surface area contributed by atoms with Gasteiger partial charge in [0.25, 0.3) is 0 Å². The number of methoxy groups -OCH3 is 2. The molecule has 1 aliphatic rings. The lowest BCUT2D eigenvalue weighted by Crippen LogP contribution is -2.21. The van der Waals surface area contributed by atoms with Crippen LogP contribution in [0.1, 0.15) is 40.7 Å². The van der Waals surface area contributed by atoms with Crippen LogP contribution < -0.4 is 29.4 Å². The van der Waals surface area contributed by atoms with Crippen LogP contribution in [0.5, 0.6) is 28.7 Å². The quantitative estimate of drug-likeness (QED) is 0.352. The van der Waals surface area contributed by atoms with Crippen molar-refractivity contribution in [3.05, 3.63) is 88.8 Å². The Bertz CT molecular complexity index is 1360. The van der Waals surface area contributed by atoms with Gasteiger partial charge in [0.15, 0.2) is 11.5 Å². The number of benzene rings is 3. The van der Waals surface area contributed by atoms with Crippen LogP contribution in [0.2, 0.25) is 0 Å². The zero-order valence-electron chi connectivity index (χ0n) is 20.2. The number of hydrogen-bond acceptors (Lipinski definition) is 8. The van der Waals surface area contributed by atoms with E-state index in [4.69, 9.17) is 29.4 Å². The highest BCUT2D eigenvalue weighted by atomic mass is 16.5. The van der Waals surface area contributed by atoms with Crippen molar-refractivity contribution >= 4 is 5.97 Å². The van der Waals surface area contributed by atoms with Crippen LogP contribution in [0, 0.1) is 11.3 Å². The average Bonchev–Trinajstić information content (AvgIpc) is 2.90. The van der Waals surface area contributed by atoms with Gasteiger partial charge in [-0.05, 0) is 48.4 Å². The SMILES string of the molecule is CCCOc1ccc(C2C(C#N)=C(N)Oc3cc(OC(=O)c4cccc(OC)c4)ccc32)cc1OC. The first-order valence-electron chi connectivity index (χ1n) is 11.4. The summed E-state index contributed by atoms with van der Waals surface area (Å²) in [7, 11) is 3.09. The number of nitrogens with two attached hydrogens (primary N) is 1. The molecule has 0 saturated heterocycles. The molecule has 3 aromatic rings. The average molecular weight is 487 g/mol. The molecule has 0 radical (unpaired) electrons. The van der Waals surface area contributed by atoms with Gasteiger partial charge in [0.2, 0.25) is 5.88 Å². The lowest BCUT2D eigenvalue weighted by atomic mass is 9.83. The van der Waals surface area contributed by atoms with Crippen molar-refractivity contribution in [1.82, 2.24) is 0 Å². The van der Waals surface area contributed by atoms with E-state index in [-0.39, 0.29) is 17.2 Å². The molecule has 1 unspecified atom stereocenters. The van der Waals surface area contributed by atoms with Gasteiger partial charge in [0.1, 0.15) is 28.9 Å². The number of esters is 1. The van der Waals surface area contributed by atoms with Crippen LogP contribution in [-0.4, -0.2) is 26.8 Å². The summed E-state index contributed by atoms with van der Waals surface area (Å²) in [5.74, 6) is 1.30. The van der Waals surface area contributed by atoms with E-state index >= 15 is 0 Å². The van der Waals surface area contributed by atoms with Crippen LogP contribution in [0.25, 0.3) is 0 Å². The zero-order valence-corrected chi connectivity index (χ0v) is 20.2. The largest absolute Gasteiger partial charge is 0.497 e. The van der Waals surface area contributed by atoms with Crippen molar-refractivity contribution in [2.24, 2.45) is 5.73 Å². The summed E-state index contributed by atoms with van der Waals surface area (Å²) in [5, 5.41) is 9.85. The van der Waals surface area contributed by atoms with Gasteiger partial charge in [0.05, 0.1) is 32.3 Å². The fourth-order valence-electron chi connectivity index (χ4n) is 3.95. The highest BCUT2D eigenvalue weighted by Crippen LogP contribution is 2.45. The number of rotatable bonds is 8. The normalized spacial score (nSPS) is 14.2. The van der Waals surface area contributed by atoms with E-state index in [2.05, 4.69) is 6.07 Å². The van der Waals surface area contributed by atoms with Gasteiger partial charge in [-0.3, -0.25) is 0 Å². The molecule has 1 aliphatic heterocycles. The van der Waals surface area contributed by atoms with Crippen molar-refractivity contribution in [2.75, 3.05) is 20.8 Å². The molecule has 2 N–H and O–H groups in total. The van der Waals surface area contributed by atoms with Gasteiger partial charge in [0, 0.05) is 11.6 Å². The minimum absolute atomic E-state index is 0.0171. The first kappa shape index (κ1) is 24.5. The third-order valence-corrected chi connectivity index (χ3v) is 5.69. The maximum Gasteiger partial charge on any atom is 0.343 e. The summed E-state index contributed by atoms with van der Waals surface area (Å²) in [6.07, 6.45) is 0.862. The van der Waals surface area contributed by atoms with Crippen LogP contribution >= 0.6 is 0 Å². The standard InChI is InChI=1S/C28H26N2O6/c1-4-12-34-23-11-8-17(14-25(23)33-3)26-21-10-9-20(15-24(21)36-27(30)22(26)16-29)35-28(31)18-6-5-7-19(13-18)32-2/h5-11,13-15,26H,4,12,30H2,1-3H3. The predicted octanol–water partition coefficient (Wildman–Crippen LogP) is 4.93. The topological polar surface area (TPSA) is 113 Å². The molecule has 0 aromatic heterocycles. The van der Waals surface area contributed by atoms with E-state index in [1.54, 1.807) is 49.6 Å². The third kappa shape index (κ3) is 4.91. The van der Waals surface area contributed by atoms with E-state index in [0.717, 1.165) is 12.0 Å². The maximum absolute atomic E-state index is 12.7. The molecule has 0 fully saturated rings. The molecule has 0 bridgehead atoms. The smallest absolute Gasteiger partial charge is 0.343 e. The summed E-state index contributed by atoms with van der Waals surface area (Å²) in [6.45, 7) is 2.58. The van der Waals surface area contributed by atoms with Crippen LogP contribution in [0.3, 0.4) is 0 Å². The van der Waals surface area contributed by atoms with Crippen molar-refractivity contribution < 1.29 is 28.5 Å². The summed E-state index contributed by atoms with van der Waals surface area (Å²) >= 11 is 0. The second-order valence-corrected chi connectivity index (χ2v) is 8.00. The molecule has 3 aromatic carbocycles. The minimum Gasteiger partial charge on any atom is -0.497 e. The van der Waals surface area contributed by atoms with E-state index < -0.39 is 11.9 Å². The van der Waals surface area contributed by atoms with E-state index in [1.165, 1.54) is 7.11 Å². The number of carbonyl (C=O) groups excluding carboxylic acids is 1. The highest BCUT2D eigenvalue weighted by Gasteiger charge is 2.32. The molecule has 1 heterocycles. The Kier molecular flexibility index (Phi) is 7.31. The number of ether oxygens (including phenoxy) is 5. The van der Waals surface area contributed by atoms with E-state index in [0.29, 0.717) is 40.7 Å². The van der Waals surface area contributed by atoms with Gasteiger partial charge in [-0.25, -0.2) is 4.79 Å². The van der Waals surface area contributed by atoms with Crippen LogP contribution in [0.4, 0.5) is 0 Å². The van der Waals surface area contributed by atoms with E-state index in [9.17, 15) is 10.1 Å². The lowest BCUT2D eigenvalue weighted by molar-refractivity contribution is 0.0734. The van der Waals surface area contributed by atoms with Crippen LogP contribution in [-0.2, 0) is 0 Å². The van der Waals surface area contributed by atoms with Crippen molar-refractivity contribution in [2.45, 2.75) is 19.3 Å². The highest BCUT2D eigenvalue weighted by molar-refractivity contribution is 5.91. The Morgan fingerprint density at radius 2 is 1.86 bits per heavy atom. The molecule has 36 heavy (non-hydrogen) atoms. The van der Waals surface area contributed by atoms with Gasteiger partial charge in [-0.1, -0.05) is 25.1 Å². The molecule has 0 amide bonds. The predicted molar refractivity (Wildman–Crippen MR) is 132 cm³/mol. The van der Waals surface area contributed by atoms with Gasteiger partial charge >= 0.3 is 5.97 Å². The molecule has 1 atom stereocenters. The Balaban J connectivity index is 1.68. The summed E-state index contributed by atoms with van der Waals surface area (Å²) < 4.78 is 27.8. The Labute approximate surface area is 209 Å². The van der Waals surface area contributed by atoms with Crippen molar-refractivity contribution in [1.29, 1.82) is 5.26 Å². The molecule has 8 heteroatoms. The molecular weight excluding hydrogens is 460 g/mol. The first-order chi connectivity index (χ1) is 17.5.